The van der Waals surface area contributed by atoms with Crippen molar-refractivity contribution in [2.75, 3.05) is 0 Å². The molecule has 0 bridgehead atoms. The van der Waals surface area contributed by atoms with E-state index in [0.717, 1.165) is 12.8 Å². The lowest BCUT2D eigenvalue weighted by atomic mass is 9.99. The molecule has 0 fully saturated rings. The zero-order chi connectivity index (χ0) is 7.28. The van der Waals surface area contributed by atoms with Crippen LogP contribution in [0.3, 0.4) is 0 Å². The maximum Gasteiger partial charge on any atom is 0.0955 e. The molecule has 53 valence electrons. The zero-order valence-electron chi connectivity index (χ0n) is 6.26. The van der Waals surface area contributed by atoms with Crippen molar-refractivity contribution in [3.8, 4) is 0 Å². The number of rotatable bonds is 4. The molecule has 0 spiro atoms. The summed E-state index contributed by atoms with van der Waals surface area (Å²) in [4.78, 5) is 0. The molecule has 2 unspecified atom stereocenters. The van der Waals surface area contributed by atoms with Crippen LogP contribution in [-0.4, -0.2) is 6.10 Å². The second-order valence-corrected chi connectivity index (χ2v) is 2.45. The third kappa shape index (κ3) is 3.31. The fraction of sp³-hybridized carbons (Fsp3) is 0.750. The van der Waals surface area contributed by atoms with Gasteiger partial charge in [-0.05, 0) is 18.8 Å². The Morgan fingerprint density at radius 3 is 2.56 bits per heavy atom. The largest absolute Gasteiger partial charge is 0.233 e. The van der Waals surface area contributed by atoms with Crippen molar-refractivity contribution in [3.63, 3.8) is 0 Å². The third-order valence-electron chi connectivity index (χ3n) is 1.58. The molecule has 1 heteroatoms. The molecule has 0 aliphatic heterocycles. The summed E-state index contributed by atoms with van der Waals surface area (Å²) < 4.78 is 0. The highest BCUT2D eigenvalue weighted by atomic mass is 16.3. The van der Waals surface area contributed by atoms with Crippen LogP contribution in [0.1, 0.15) is 26.7 Å². The second kappa shape index (κ2) is 4.57. The van der Waals surface area contributed by atoms with Gasteiger partial charge in [0.1, 0.15) is 0 Å². The Hall–Kier alpha value is -0.300. The molecule has 0 aliphatic carbocycles. The van der Waals surface area contributed by atoms with E-state index in [0.29, 0.717) is 0 Å². The first-order valence-electron chi connectivity index (χ1n) is 3.49. The number of hydrogen-bond acceptors (Lipinski definition) is 0. The van der Waals surface area contributed by atoms with Crippen LogP contribution in [0, 0.1) is 5.92 Å². The lowest BCUT2D eigenvalue weighted by Gasteiger charge is -2.11. The number of allylic oxidation sites excluding steroid dienone is 1. The molecular formula is C8H15O. The van der Waals surface area contributed by atoms with Gasteiger partial charge in [0.2, 0.25) is 0 Å². The van der Waals surface area contributed by atoms with Crippen LogP contribution >= 0.6 is 0 Å². The molecular weight excluding hydrogens is 112 g/mol. The molecule has 0 saturated heterocycles. The highest BCUT2D eigenvalue weighted by Gasteiger charge is 2.10. The molecule has 0 heterocycles. The normalized spacial score (nSPS) is 16.8. The van der Waals surface area contributed by atoms with Gasteiger partial charge in [-0.2, -0.15) is 0 Å². The van der Waals surface area contributed by atoms with E-state index in [9.17, 15) is 5.11 Å². The van der Waals surface area contributed by atoms with Crippen molar-refractivity contribution in [1.82, 2.24) is 0 Å². The monoisotopic (exact) mass is 127 g/mol. The van der Waals surface area contributed by atoms with E-state index in [1.165, 1.54) is 0 Å². The van der Waals surface area contributed by atoms with Gasteiger partial charge in [0.15, 0.2) is 0 Å². The summed E-state index contributed by atoms with van der Waals surface area (Å²) in [5.74, 6) is 0.257. The average molecular weight is 127 g/mol. The van der Waals surface area contributed by atoms with E-state index in [4.69, 9.17) is 0 Å². The Morgan fingerprint density at radius 1 is 1.67 bits per heavy atom. The molecule has 0 aromatic heterocycles. The molecule has 0 rings (SSSR count). The first kappa shape index (κ1) is 8.70. The molecule has 2 atom stereocenters. The Balaban J connectivity index is 3.44. The second-order valence-electron chi connectivity index (χ2n) is 2.45. The lowest BCUT2D eigenvalue weighted by Crippen LogP contribution is -2.13. The van der Waals surface area contributed by atoms with Crippen LogP contribution in [0.15, 0.2) is 12.7 Å². The molecule has 0 aromatic carbocycles. The maximum atomic E-state index is 10.9. The van der Waals surface area contributed by atoms with Gasteiger partial charge < -0.3 is 0 Å². The topological polar surface area (TPSA) is 19.9 Å². The van der Waals surface area contributed by atoms with Gasteiger partial charge in [0.25, 0.3) is 0 Å². The van der Waals surface area contributed by atoms with Crippen LogP contribution in [0.4, 0.5) is 0 Å². The highest BCUT2D eigenvalue weighted by molar-refractivity contribution is 4.74. The Bertz CT molecular complexity index is 78.6. The molecule has 0 saturated carbocycles. The quantitative estimate of drug-likeness (QED) is 0.517. The molecule has 0 N–H and O–H groups in total. The minimum atomic E-state index is -0.400. The van der Waals surface area contributed by atoms with Crippen molar-refractivity contribution in [2.24, 2.45) is 5.92 Å². The fourth-order valence-corrected chi connectivity index (χ4v) is 0.817. The smallest absolute Gasteiger partial charge is 0.0955 e. The standard InChI is InChI=1S/C8H15O/c1-4-6-7(3)8(9)5-2/h4,7-8H,1,5-6H2,2-3H3. The highest BCUT2D eigenvalue weighted by Crippen LogP contribution is 2.11. The SMILES string of the molecule is C=CCC(C)C([O])CC. The summed E-state index contributed by atoms with van der Waals surface area (Å²) in [6.07, 6.45) is 2.99. The van der Waals surface area contributed by atoms with Gasteiger partial charge in [0.05, 0.1) is 6.10 Å². The molecule has 1 radical (unpaired) electrons. The van der Waals surface area contributed by atoms with E-state index in [2.05, 4.69) is 6.58 Å². The van der Waals surface area contributed by atoms with Crippen molar-refractivity contribution < 1.29 is 5.11 Å². The Morgan fingerprint density at radius 2 is 2.22 bits per heavy atom. The van der Waals surface area contributed by atoms with E-state index < -0.39 is 6.10 Å². The third-order valence-corrected chi connectivity index (χ3v) is 1.58. The Labute approximate surface area is 57.4 Å². The first-order chi connectivity index (χ1) is 4.22. The number of hydrogen-bond donors (Lipinski definition) is 0. The summed E-state index contributed by atoms with van der Waals surface area (Å²) in [5.41, 5.74) is 0. The predicted molar refractivity (Wildman–Crippen MR) is 38.7 cm³/mol. The zero-order valence-corrected chi connectivity index (χ0v) is 6.26. The molecule has 0 amide bonds. The van der Waals surface area contributed by atoms with Crippen LogP contribution in [-0.2, 0) is 5.11 Å². The predicted octanol–water partition coefficient (Wildman–Crippen LogP) is 2.41. The van der Waals surface area contributed by atoms with Gasteiger partial charge >= 0.3 is 0 Å². The summed E-state index contributed by atoms with van der Waals surface area (Å²) in [5, 5.41) is 10.9. The van der Waals surface area contributed by atoms with Crippen molar-refractivity contribution in [1.29, 1.82) is 0 Å². The van der Waals surface area contributed by atoms with Crippen LogP contribution in [0.2, 0.25) is 0 Å². The first-order valence-corrected chi connectivity index (χ1v) is 3.49. The van der Waals surface area contributed by atoms with Gasteiger partial charge in [-0.1, -0.05) is 19.9 Å². The minimum absolute atomic E-state index is 0.257. The van der Waals surface area contributed by atoms with Gasteiger partial charge in [0, 0.05) is 0 Å². The molecule has 9 heavy (non-hydrogen) atoms. The summed E-state index contributed by atoms with van der Waals surface area (Å²) >= 11 is 0. The van der Waals surface area contributed by atoms with Gasteiger partial charge in [-0.25, -0.2) is 5.11 Å². The summed E-state index contributed by atoms with van der Waals surface area (Å²) in [6, 6.07) is 0. The minimum Gasteiger partial charge on any atom is -0.233 e. The summed E-state index contributed by atoms with van der Waals surface area (Å²) in [6.45, 7) is 7.48. The average Bonchev–Trinajstić information content (AvgIpc) is 1.87. The van der Waals surface area contributed by atoms with E-state index in [1.54, 1.807) is 0 Å². The van der Waals surface area contributed by atoms with E-state index in [-0.39, 0.29) is 5.92 Å². The van der Waals surface area contributed by atoms with Crippen LogP contribution < -0.4 is 0 Å². The van der Waals surface area contributed by atoms with Crippen LogP contribution in [0.25, 0.3) is 0 Å². The van der Waals surface area contributed by atoms with Crippen molar-refractivity contribution in [2.45, 2.75) is 32.8 Å². The Kier molecular flexibility index (Phi) is 4.41. The van der Waals surface area contributed by atoms with E-state index in [1.807, 2.05) is 19.9 Å². The lowest BCUT2D eigenvalue weighted by molar-refractivity contribution is 0.0412. The van der Waals surface area contributed by atoms with Crippen LogP contribution in [0.5, 0.6) is 0 Å². The van der Waals surface area contributed by atoms with Crippen molar-refractivity contribution in [3.05, 3.63) is 12.7 Å². The molecule has 1 nitrogen and oxygen atoms in total. The van der Waals surface area contributed by atoms with Crippen molar-refractivity contribution >= 4 is 0 Å². The van der Waals surface area contributed by atoms with E-state index >= 15 is 0 Å². The van der Waals surface area contributed by atoms with Gasteiger partial charge in [-0.3, -0.25) is 0 Å². The maximum absolute atomic E-state index is 10.9. The summed E-state index contributed by atoms with van der Waals surface area (Å²) in [7, 11) is 0. The molecule has 0 aromatic rings. The molecule has 0 aliphatic rings. The fourth-order valence-electron chi connectivity index (χ4n) is 0.817. The van der Waals surface area contributed by atoms with Gasteiger partial charge in [-0.15, -0.1) is 6.58 Å².